The van der Waals surface area contributed by atoms with Crippen molar-refractivity contribution in [2.45, 2.75) is 13.8 Å². The number of allylic oxidation sites excluding steroid dienone is 7. The van der Waals surface area contributed by atoms with Crippen LogP contribution in [0.4, 0.5) is 5.69 Å². The van der Waals surface area contributed by atoms with Gasteiger partial charge in [-0.15, -0.1) is 0 Å². The maximum absolute atomic E-state index is 12.0. The average Bonchev–Trinajstić information content (AvgIpc) is 2.74. The minimum Gasteiger partial charge on any atom is -0.321 e. The van der Waals surface area contributed by atoms with Gasteiger partial charge in [-0.05, 0) is 31.6 Å². The van der Waals surface area contributed by atoms with Gasteiger partial charge in [0.25, 0.3) is 5.91 Å². The van der Waals surface area contributed by atoms with Crippen LogP contribution in [0.15, 0.2) is 66.3 Å². The summed E-state index contributed by atoms with van der Waals surface area (Å²) in [6.07, 6.45) is 11.8. The van der Waals surface area contributed by atoms with E-state index in [-0.39, 0.29) is 5.91 Å². The molecule has 0 atom stereocenters. The van der Waals surface area contributed by atoms with Crippen molar-refractivity contribution in [2.75, 3.05) is 5.32 Å². The van der Waals surface area contributed by atoms with Gasteiger partial charge in [-0.2, -0.15) is 0 Å². The van der Waals surface area contributed by atoms with Gasteiger partial charge in [-0.3, -0.25) is 4.79 Å². The summed E-state index contributed by atoms with van der Waals surface area (Å²) in [6, 6.07) is 7.74. The van der Waals surface area contributed by atoms with Gasteiger partial charge in [-0.1, -0.05) is 48.6 Å². The Balaban J connectivity index is 2.35. The lowest BCUT2D eigenvalue weighted by molar-refractivity contribution is -0.110. The van der Waals surface area contributed by atoms with Crippen molar-refractivity contribution >= 4 is 17.2 Å². The van der Waals surface area contributed by atoms with Gasteiger partial charge in [0.05, 0.1) is 0 Å². The maximum Gasteiger partial charge on any atom is 0.256 e. The molecule has 1 amide bonds. The number of fused-ring (bicyclic) bond motifs is 1. The van der Waals surface area contributed by atoms with Crippen LogP contribution in [0.1, 0.15) is 19.4 Å². The predicted octanol–water partition coefficient (Wildman–Crippen LogP) is 4.10. The number of para-hydroxylation sites is 1. The molecule has 2 rings (SSSR count). The molecule has 1 aliphatic rings. The summed E-state index contributed by atoms with van der Waals surface area (Å²) in [4.78, 5) is 12.0. The number of hydrogen-bond donors (Lipinski definition) is 1. The number of anilines is 1. The molecule has 0 saturated carbocycles. The minimum absolute atomic E-state index is 0.0417. The molecule has 19 heavy (non-hydrogen) atoms. The van der Waals surface area contributed by atoms with E-state index in [2.05, 4.69) is 5.32 Å². The van der Waals surface area contributed by atoms with Crippen LogP contribution >= 0.6 is 0 Å². The molecule has 1 heterocycles. The number of nitrogens with one attached hydrogen (secondary N) is 1. The number of benzene rings is 1. The van der Waals surface area contributed by atoms with Crippen LogP contribution in [0.2, 0.25) is 0 Å². The highest BCUT2D eigenvalue weighted by Gasteiger charge is 2.22. The molecule has 1 N–H and O–H groups in total. The lowest BCUT2D eigenvalue weighted by Crippen LogP contribution is -2.03. The molecule has 0 spiro atoms. The third-order valence-electron chi connectivity index (χ3n) is 2.95. The second-order valence-electron chi connectivity index (χ2n) is 4.23. The Bertz CT molecular complexity index is 603. The van der Waals surface area contributed by atoms with E-state index < -0.39 is 0 Å². The summed E-state index contributed by atoms with van der Waals surface area (Å²) in [7, 11) is 0. The van der Waals surface area contributed by atoms with Gasteiger partial charge in [0.2, 0.25) is 0 Å². The van der Waals surface area contributed by atoms with E-state index in [9.17, 15) is 4.79 Å². The Morgan fingerprint density at radius 2 is 1.95 bits per heavy atom. The molecule has 1 aromatic carbocycles. The maximum atomic E-state index is 12.0. The normalized spacial score (nSPS) is 17.5. The molecule has 0 fully saturated rings. The molecule has 2 heteroatoms. The second kappa shape index (κ2) is 6.01. The highest BCUT2D eigenvalue weighted by Crippen LogP contribution is 2.32. The first-order chi connectivity index (χ1) is 9.26. The first kappa shape index (κ1) is 13.1. The molecule has 1 aromatic rings. The van der Waals surface area contributed by atoms with E-state index in [0.29, 0.717) is 5.57 Å². The van der Waals surface area contributed by atoms with Crippen LogP contribution < -0.4 is 5.32 Å². The van der Waals surface area contributed by atoms with Gasteiger partial charge in [0.15, 0.2) is 0 Å². The second-order valence-corrected chi connectivity index (χ2v) is 4.23. The van der Waals surface area contributed by atoms with E-state index in [1.54, 1.807) is 0 Å². The molecular weight excluding hydrogens is 234 g/mol. The van der Waals surface area contributed by atoms with Crippen LogP contribution in [0.25, 0.3) is 5.57 Å². The molecule has 2 nitrogen and oxygen atoms in total. The van der Waals surface area contributed by atoms with Gasteiger partial charge in [0.1, 0.15) is 0 Å². The zero-order valence-electron chi connectivity index (χ0n) is 11.2. The fourth-order valence-corrected chi connectivity index (χ4v) is 1.95. The van der Waals surface area contributed by atoms with Crippen molar-refractivity contribution in [2.24, 2.45) is 0 Å². The smallest absolute Gasteiger partial charge is 0.256 e. The lowest BCUT2D eigenvalue weighted by atomic mass is 10.0. The van der Waals surface area contributed by atoms with Gasteiger partial charge in [0, 0.05) is 16.8 Å². The molecule has 0 saturated heterocycles. The van der Waals surface area contributed by atoms with E-state index in [0.717, 1.165) is 16.8 Å². The highest BCUT2D eigenvalue weighted by molar-refractivity contribution is 6.31. The summed E-state index contributed by atoms with van der Waals surface area (Å²) >= 11 is 0. The number of hydrogen-bond acceptors (Lipinski definition) is 1. The summed E-state index contributed by atoms with van der Waals surface area (Å²) in [5.41, 5.74) is 3.58. The summed E-state index contributed by atoms with van der Waals surface area (Å²) in [5, 5.41) is 2.87. The molecule has 0 radical (unpaired) electrons. The van der Waals surface area contributed by atoms with Crippen molar-refractivity contribution in [3.63, 3.8) is 0 Å². The first-order valence-electron chi connectivity index (χ1n) is 6.34. The van der Waals surface area contributed by atoms with Crippen molar-refractivity contribution in [1.29, 1.82) is 0 Å². The van der Waals surface area contributed by atoms with Crippen molar-refractivity contribution in [3.8, 4) is 0 Å². The van der Waals surface area contributed by atoms with Crippen LogP contribution in [0, 0.1) is 0 Å². The Morgan fingerprint density at radius 1 is 1.16 bits per heavy atom. The molecule has 0 aliphatic carbocycles. The topological polar surface area (TPSA) is 29.1 Å². The Labute approximate surface area is 113 Å². The third-order valence-corrected chi connectivity index (χ3v) is 2.95. The zero-order valence-corrected chi connectivity index (χ0v) is 11.2. The van der Waals surface area contributed by atoms with Crippen LogP contribution in [0.5, 0.6) is 0 Å². The van der Waals surface area contributed by atoms with Crippen LogP contribution in [-0.2, 0) is 4.79 Å². The molecular formula is C17H17NO. The lowest BCUT2D eigenvalue weighted by Gasteiger charge is -1.98. The van der Waals surface area contributed by atoms with E-state index in [1.807, 2.05) is 74.6 Å². The van der Waals surface area contributed by atoms with Crippen molar-refractivity contribution in [3.05, 3.63) is 71.9 Å². The predicted molar refractivity (Wildman–Crippen MR) is 80.8 cm³/mol. The van der Waals surface area contributed by atoms with E-state index in [4.69, 9.17) is 0 Å². The molecule has 1 aliphatic heterocycles. The SMILES string of the molecule is C\C=C/C=C\C(C=C1C(=O)Nc2ccccc21)=C/C. The van der Waals surface area contributed by atoms with Gasteiger partial charge >= 0.3 is 0 Å². The van der Waals surface area contributed by atoms with E-state index in [1.165, 1.54) is 0 Å². The quantitative estimate of drug-likeness (QED) is 0.636. The van der Waals surface area contributed by atoms with Crippen molar-refractivity contribution < 1.29 is 4.79 Å². The van der Waals surface area contributed by atoms with Crippen LogP contribution in [0.3, 0.4) is 0 Å². The zero-order chi connectivity index (χ0) is 13.7. The molecule has 0 aromatic heterocycles. The molecule has 0 unspecified atom stereocenters. The third kappa shape index (κ3) is 2.91. The number of rotatable bonds is 3. The fourth-order valence-electron chi connectivity index (χ4n) is 1.95. The minimum atomic E-state index is -0.0417. The number of carbonyl (C=O) groups excluding carboxylic acids is 1. The average molecular weight is 251 g/mol. The highest BCUT2D eigenvalue weighted by atomic mass is 16.1. The summed E-state index contributed by atoms with van der Waals surface area (Å²) in [5.74, 6) is -0.0417. The van der Waals surface area contributed by atoms with Crippen molar-refractivity contribution in [1.82, 2.24) is 0 Å². The fraction of sp³-hybridized carbons (Fsp3) is 0.118. The standard InChI is InChI=1S/C17H17NO/c1-3-5-6-9-13(4-2)12-15-14-10-7-8-11-16(14)18-17(15)19/h3-12H,1-2H3,(H,18,19)/b5-3-,9-6-,13-4+,15-12?. The van der Waals surface area contributed by atoms with E-state index >= 15 is 0 Å². The molecule has 0 bridgehead atoms. The summed E-state index contributed by atoms with van der Waals surface area (Å²) in [6.45, 7) is 3.93. The summed E-state index contributed by atoms with van der Waals surface area (Å²) < 4.78 is 0. The Morgan fingerprint density at radius 3 is 2.68 bits per heavy atom. The molecule has 96 valence electrons. The van der Waals surface area contributed by atoms with Gasteiger partial charge in [-0.25, -0.2) is 0 Å². The number of carbonyl (C=O) groups is 1. The Hall–Kier alpha value is -2.35. The monoisotopic (exact) mass is 251 g/mol. The largest absolute Gasteiger partial charge is 0.321 e. The van der Waals surface area contributed by atoms with Crippen LogP contribution in [-0.4, -0.2) is 5.91 Å². The number of amides is 1. The first-order valence-corrected chi connectivity index (χ1v) is 6.34. The van der Waals surface area contributed by atoms with Gasteiger partial charge < -0.3 is 5.32 Å². The Kier molecular flexibility index (Phi) is 4.14.